The van der Waals surface area contributed by atoms with E-state index >= 15 is 0 Å². The Morgan fingerprint density at radius 1 is 0.955 bits per heavy atom. The lowest BCUT2D eigenvalue weighted by molar-refractivity contribution is 0.292. The van der Waals surface area contributed by atoms with Crippen molar-refractivity contribution < 1.29 is 21.9 Å². The number of rotatable bonds is 8. The van der Waals surface area contributed by atoms with Gasteiger partial charge in [-0.1, -0.05) is 11.6 Å². The minimum atomic E-state index is -3.04. The van der Waals surface area contributed by atoms with Crippen LogP contribution in [0.3, 0.4) is 0 Å². The summed E-state index contributed by atoms with van der Waals surface area (Å²) in [5, 5.41) is -0.635. The fraction of sp³-hybridized carbons (Fsp3) is 0.387. The van der Waals surface area contributed by atoms with Crippen LogP contribution in [0.2, 0.25) is 5.02 Å². The van der Waals surface area contributed by atoms with E-state index in [0.717, 1.165) is 19.0 Å². The summed E-state index contributed by atoms with van der Waals surface area (Å²) >= 11 is 6.42. The number of nitrogens with zero attached hydrogens (tertiary/aromatic N) is 5. The lowest BCUT2D eigenvalue weighted by atomic mass is 9.88. The van der Waals surface area contributed by atoms with Crippen LogP contribution >= 0.6 is 11.6 Å². The molecule has 2 fully saturated rings. The molecule has 44 heavy (non-hydrogen) atoms. The Hall–Kier alpha value is -3.77. The molecule has 0 spiro atoms. The minimum absolute atomic E-state index is 0.0444. The van der Waals surface area contributed by atoms with Crippen LogP contribution in [0.1, 0.15) is 67.2 Å². The third-order valence-corrected chi connectivity index (χ3v) is 11.4. The predicted octanol–water partition coefficient (Wildman–Crippen LogP) is 5.82. The molecule has 2 aliphatic carbocycles. The highest BCUT2D eigenvalue weighted by molar-refractivity contribution is 7.92. The van der Waals surface area contributed by atoms with Gasteiger partial charge < -0.3 is 4.74 Å². The normalized spacial score (nSPS) is 18.8. The molecule has 13 heteroatoms. The van der Waals surface area contributed by atoms with Gasteiger partial charge in [0.2, 0.25) is 0 Å². The maximum Gasteiger partial charge on any atom is 0.277 e. The molecule has 4 aromatic rings. The molecule has 4 aromatic heterocycles. The van der Waals surface area contributed by atoms with Gasteiger partial charge in [-0.25, -0.2) is 27.2 Å². The molecule has 6 rings (SSSR count). The number of hydrogen-bond donors (Lipinski definition) is 0. The fourth-order valence-electron chi connectivity index (χ4n) is 5.71. The second-order valence-corrected chi connectivity index (χ2v) is 14.3. The largest absolute Gasteiger partial charge is 0.485 e. The number of ether oxygens (including phenoxy) is 1. The topological polar surface area (TPSA) is 117 Å². The van der Waals surface area contributed by atoms with Gasteiger partial charge in [-0.05, 0) is 70.1 Å². The summed E-state index contributed by atoms with van der Waals surface area (Å²) in [6.07, 6.45) is 8.40. The van der Waals surface area contributed by atoms with Crippen LogP contribution in [0, 0.1) is 25.5 Å². The summed E-state index contributed by atoms with van der Waals surface area (Å²) in [5.74, 6) is -0.924. The van der Waals surface area contributed by atoms with Crippen molar-refractivity contribution in [3.8, 4) is 22.8 Å². The Kier molecular flexibility index (Phi) is 8.23. The summed E-state index contributed by atoms with van der Waals surface area (Å²) in [6, 6.07) is 5.77. The van der Waals surface area contributed by atoms with Crippen LogP contribution in [0.15, 0.2) is 47.7 Å². The third-order valence-electron chi connectivity index (χ3n) is 8.29. The lowest BCUT2D eigenvalue weighted by Gasteiger charge is -2.27. The first-order valence-corrected chi connectivity index (χ1v) is 16.4. The molecule has 0 saturated heterocycles. The van der Waals surface area contributed by atoms with E-state index < -0.39 is 27.0 Å². The Balaban J connectivity index is 1.24. The smallest absolute Gasteiger partial charge is 0.277 e. The molecule has 0 atom stereocenters. The van der Waals surface area contributed by atoms with Crippen molar-refractivity contribution in [2.75, 3.05) is 0 Å². The molecule has 0 bridgehead atoms. The van der Waals surface area contributed by atoms with Crippen LogP contribution in [0.5, 0.6) is 5.75 Å². The van der Waals surface area contributed by atoms with Gasteiger partial charge in [0.1, 0.15) is 34.7 Å². The summed E-state index contributed by atoms with van der Waals surface area (Å²) in [7, 11) is -3.04. The first-order valence-electron chi connectivity index (χ1n) is 14.4. The predicted molar refractivity (Wildman–Crippen MR) is 161 cm³/mol. The van der Waals surface area contributed by atoms with Gasteiger partial charge in [-0.2, -0.15) is 0 Å². The van der Waals surface area contributed by atoms with Gasteiger partial charge in [0.05, 0.1) is 33.8 Å². The summed E-state index contributed by atoms with van der Waals surface area (Å²) in [6.45, 7) is 3.18. The van der Waals surface area contributed by atoms with Gasteiger partial charge in [0.25, 0.3) is 5.56 Å². The number of hydrogen-bond acceptors (Lipinski definition) is 8. The average molecular weight is 642 g/mol. The molecule has 0 aromatic carbocycles. The summed E-state index contributed by atoms with van der Waals surface area (Å²) in [5.41, 5.74) is 2.20. The SMILES string of the molecule is Cc1cnc(-c2ccnc(C3CCC(S(=O)(=O)C4CC4)CC3)n2)cc1-n1c(C)cc(OCc2ncc(F)cc2F)c(Cl)c1=O. The quantitative estimate of drug-likeness (QED) is 0.236. The van der Waals surface area contributed by atoms with Crippen molar-refractivity contribution in [3.63, 3.8) is 0 Å². The zero-order valence-electron chi connectivity index (χ0n) is 24.1. The second kappa shape index (κ2) is 12.0. The van der Waals surface area contributed by atoms with Gasteiger partial charge in [-0.15, -0.1) is 0 Å². The summed E-state index contributed by atoms with van der Waals surface area (Å²) < 4.78 is 59.7. The average Bonchev–Trinajstić information content (AvgIpc) is 3.87. The van der Waals surface area contributed by atoms with E-state index in [2.05, 4.69) is 15.0 Å². The van der Waals surface area contributed by atoms with E-state index in [-0.39, 0.29) is 39.5 Å². The monoisotopic (exact) mass is 641 g/mol. The Labute approximate surface area is 258 Å². The van der Waals surface area contributed by atoms with Crippen molar-refractivity contribution in [3.05, 3.63) is 92.6 Å². The molecule has 0 unspecified atom stereocenters. The van der Waals surface area contributed by atoms with Crippen molar-refractivity contribution in [1.82, 2.24) is 24.5 Å². The van der Waals surface area contributed by atoms with Crippen LogP contribution in [0.25, 0.3) is 17.1 Å². The number of pyridine rings is 3. The van der Waals surface area contributed by atoms with Gasteiger partial charge in [0, 0.05) is 36.1 Å². The van der Waals surface area contributed by atoms with Crippen molar-refractivity contribution in [1.29, 1.82) is 0 Å². The van der Waals surface area contributed by atoms with Crippen LogP contribution < -0.4 is 10.3 Å². The standard InChI is InChI=1S/C31H30ClF2N5O4S/c1-17-14-36-25(24-9-10-35-30(38-24)19-3-5-21(6-4-19)44(41,42)22-7-8-22)13-27(17)39-18(2)11-28(29(32)31(39)40)43-16-26-23(34)12-20(33)15-37-26/h9-15,19,21-22H,3-8,16H2,1-2H3. The van der Waals surface area contributed by atoms with Crippen LogP contribution in [-0.2, 0) is 16.4 Å². The number of halogens is 3. The van der Waals surface area contributed by atoms with E-state index in [0.29, 0.717) is 65.9 Å². The Morgan fingerprint density at radius 2 is 1.66 bits per heavy atom. The van der Waals surface area contributed by atoms with Gasteiger partial charge in [0.15, 0.2) is 15.7 Å². The van der Waals surface area contributed by atoms with Crippen molar-refractivity contribution >= 4 is 21.4 Å². The molecule has 9 nitrogen and oxygen atoms in total. The minimum Gasteiger partial charge on any atom is -0.485 e. The molecule has 230 valence electrons. The number of aromatic nitrogens is 5. The molecule has 0 amide bonds. The Bertz CT molecular complexity index is 1910. The van der Waals surface area contributed by atoms with E-state index in [1.165, 1.54) is 4.57 Å². The van der Waals surface area contributed by atoms with E-state index in [4.69, 9.17) is 21.3 Å². The molecule has 0 N–H and O–H groups in total. The van der Waals surface area contributed by atoms with Crippen molar-refractivity contribution in [2.45, 2.75) is 75.4 Å². The molecular formula is C31H30ClF2N5O4S. The van der Waals surface area contributed by atoms with E-state index in [1.807, 2.05) is 6.92 Å². The maximum atomic E-state index is 14.0. The molecule has 2 aliphatic rings. The zero-order valence-corrected chi connectivity index (χ0v) is 25.7. The van der Waals surface area contributed by atoms with E-state index in [1.54, 1.807) is 37.5 Å². The van der Waals surface area contributed by atoms with Crippen LogP contribution in [-0.4, -0.2) is 43.4 Å². The fourth-order valence-corrected chi connectivity index (χ4v) is 8.17. The molecule has 0 radical (unpaired) electrons. The number of aryl methyl sites for hydroxylation is 2. The second-order valence-electron chi connectivity index (χ2n) is 11.4. The lowest BCUT2D eigenvalue weighted by Crippen LogP contribution is -2.29. The molecule has 2 saturated carbocycles. The van der Waals surface area contributed by atoms with Crippen LogP contribution in [0.4, 0.5) is 8.78 Å². The van der Waals surface area contributed by atoms with Gasteiger partial charge in [-0.3, -0.25) is 19.3 Å². The highest BCUT2D eigenvalue weighted by Crippen LogP contribution is 2.40. The third kappa shape index (κ3) is 5.97. The molecule has 4 heterocycles. The maximum absolute atomic E-state index is 14.0. The highest BCUT2D eigenvalue weighted by Gasteiger charge is 2.42. The van der Waals surface area contributed by atoms with Gasteiger partial charge >= 0.3 is 0 Å². The summed E-state index contributed by atoms with van der Waals surface area (Å²) in [4.78, 5) is 31.0. The Morgan fingerprint density at radius 3 is 2.34 bits per heavy atom. The van der Waals surface area contributed by atoms with E-state index in [9.17, 15) is 22.0 Å². The first kappa shape index (κ1) is 30.3. The zero-order chi connectivity index (χ0) is 31.2. The van der Waals surface area contributed by atoms with Crippen molar-refractivity contribution in [2.24, 2.45) is 0 Å². The first-order chi connectivity index (χ1) is 21.0. The highest BCUT2D eigenvalue weighted by atomic mass is 35.5. The molecule has 0 aliphatic heterocycles. The number of sulfone groups is 1. The molecular weight excluding hydrogens is 612 g/mol.